The van der Waals surface area contributed by atoms with Crippen LogP contribution in [0.5, 0.6) is 0 Å². The van der Waals surface area contributed by atoms with Crippen molar-refractivity contribution in [1.82, 2.24) is 4.98 Å². The molecule has 2 heteroatoms. The third kappa shape index (κ3) is 1.64. The Hall–Kier alpha value is -1.70. The van der Waals surface area contributed by atoms with Gasteiger partial charge in [0.15, 0.2) is 5.78 Å². The summed E-state index contributed by atoms with van der Waals surface area (Å²) in [5.41, 5.74) is 1.66. The third-order valence-corrected chi connectivity index (χ3v) is 2.30. The van der Waals surface area contributed by atoms with Gasteiger partial charge in [-0.1, -0.05) is 19.1 Å². The standard InChI is InChI=1S/C12H11NO/c1-9-5-6-12(14)11(9)8-10-4-2-3-7-13-10/h2-9H,1H3/b11-8+/t9-/m0/s1. The van der Waals surface area contributed by atoms with E-state index >= 15 is 0 Å². The molecule has 0 aliphatic heterocycles. The van der Waals surface area contributed by atoms with Crippen LogP contribution in [0.1, 0.15) is 12.6 Å². The van der Waals surface area contributed by atoms with E-state index in [-0.39, 0.29) is 11.7 Å². The number of carbonyl (C=O) groups excluding carboxylic acids is 1. The predicted octanol–water partition coefficient (Wildman–Crippen LogP) is 2.24. The van der Waals surface area contributed by atoms with Crippen molar-refractivity contribution in [3.05, 3.63) is 47.8 Å². The fraction of sp³-hybridized carbons (Fsp3) is 0.167. The molecule has 0 amide bonds. The molecule has 1 aromatic rings. The molecular formula is C12H11NO. The van der Waals surface area contributed by atoms with E-state index in [0.717, 1.165) is 11.3 Å². The SMILES string of the molecule is C[C@H]1C=CC(=O)/C1=C/c1ccccn1. The summed E-state index contributed by atoms with van der Waals surface area (Å²) in [7, 11) is 0. The highest BCUT2D eigenvalue weighted by atomic mass is 16.1. The minimum absolute atomic E-state index is 0.100. The summed E-state index contributed by atoms with van der Waals surface area (Å²) in [6.45, 7) is 2.01. The molecule has 0 radical (unpaired) electrons. The Balaban J connectivity index is 2.32. The lowest BCUT2D eigenvalue weighted by Crippen LogP contribution is -1.98. The van der Waals surface area contributed by atoms with Crippen LogP contribution in [0, 0.1) is 5.92 Å². The maximum atomic E-state index is 11.4. The van der Waals surface area contributed by atoms with Gasteiger partial charge >= 0.3 is 0 Å². The molecule has 14 heavy (non-hydrogen) atoms. The molecule has 1 atom stereocenters. The molecule has 2 rings (SSSR count). The van der Waals surface area contributed by atoms with Crippen LogP contribution in [-0.2, 0) is 4.79 Å². The lowest BCUT2D eigenvalue weighted by molar-refractivity contribution is -0.111. The summed E-state index contributed by atoms with van der Waals surface area (Å²) in [6, 6.07) is 5.67. The van der Waals surface area contributed by atoms with Crippen LogP contribution in [-0.4, -0.2) is 10.8 Å². The maximum Gasteiger partial charge on any atom is 0.182 e. The zero-order chi connectivity index (χ0) is 9.97. The first kappa shape index (κ1) is 8.88. The van der Waals surface area contributed by atoms with E-state index in [4.69, 9.17) is 0 Å². The van der Waals surface area contributed by atoms with Crippen LogP contribution in [0.2, 0.25) is 0 Å². The summed E-state index contributed by atoms with van der Waals surface area (Å²) >= 11 is 0. The quantitative estimate of drug-likeness (QED) is 0.628. The summed E-state index contributed by atoms with van der Waals surface area (Å²) in [5, 5.41) is 0. The van der Waals surface area contributed by atoms with Crippen molar-refractivity contribution in [2.75, 3.05) is 0 Å². The van der Waals surface area contributed by atoms with Gasteiger partial charge in [0.05, 0.1) is 5.69 Å². The van der Waals surface area contributed by atoms with Crippen LogP contribution in [0.25, 0.3) is 6.08 Å². The number of aromatic nitrogens is 1. The number of pyridine rings is 1. The van der Waals surface area contributed by atoms with Crippen LogP contribution in [0.4, 0.5) is 0 Å². The van der Waals surface area contributed by atoms with Crippen molar-refractivity contribution in [3.63, 3.8) is 0 Å². The molecular weight excluding hydrogens is 174 g/mol. The molecule has 0 aromatic carbocycles. The number of nitrogens with zero attached hydrogens (tertiary/aromatic N) is 1. The van der Waals surface area contributed by atoms with Gasteiger partial charge in [-0.05, 0) is 24.3 Å². The molecule has 0 unspecified atom stereocenters. The Morgan fingerprint density at radius 2 is 2.29 bits per heavy atom. The van der Waals surface area contributed by atoms with Crippen molar-refractivity contribution < 1.29 is 4.79 Å². The summed E-state index contributed by atoms with van der Waals surface area (Å²) in [4.78, 5) is 15.6. The van der Waals surface area contributed by atoms with E-state index in [2.05, 4.69) is 4.98 Å². The molecule has 0 fully saturated rings. The number of allylic oxidation sites excluding steroid dienone is 3. The molecule has 0 N–H and O–H groups in total. The van der Waals surface area contributed by atoms with Gasteiger partial charge < -0.3 is 0 Å². The molecule has 2 nitrogen and oxygen atoms in total. The zero-order valence-corrected chi connectivity index (χ0v) is 7.97. The predicted molar refractivity (Wildman–Crippen MR) is 55.5 cm³/mol. The summed E-state index contributed by atoms with van der Waals surface area (Å²) in [5.74, 6) is 0.313. The Morgan fingerprint density at radius 3 is 2.86 bits per heavy atom. The molecule has 70 valence electrons. The Morgan fingerprint density at radius 1 is 1.43 bits per heavy atom. The van der Waals surface area contributed by atoms with Crippen LogP contribution in [0.3, 0.4) is 0 Å². The van der Waals surface area contributed by atoms with Gasteiger partial charge in [0.2, 0.25) is 0 Å². The smallest absolute Gasteiger partial charge is 0.182 e. The number of carbonyl (C=O) groups is 1. The van der Waals surface area contributed by atoms with E-state index in [1.165, 1.54) is 0 Å². The Kier molecular flexibility index (Phi) is 2.27. The highest BCUT2D eigenvalue weighted by molar-refractivity contribution is 6.10. The number of rotatable bonds is 1. The second-order valence-electron chi connectivity index (χ2n) is 3.37. The fourth-order valence-corrected chi connectivity index (χ4v) is 1.48. The first-order chi connectivity index (χ1) is 6.77. The van der Waals surface area contributed by atoms with E-state index in [1.807, 2.05) is 37.3 Å². The maximum absolute atomic E-state index is 11.4. The van der Waals surface area contributed by atoms with Gasteiger partial charge in [0.1, 0.15) is 0 Å². The van der Waals surface area contributed by atoms with Gasteiger partial charge in [0, 0.05) is 17.7 Å². The van der Waals surface area contributed by atoms with Crippen molar-refractivity contribution in [3.8, 4) is 0 Å². The highest BCUT2D eigenvalue weighted by Crippen LogP contribution is 2.22. The summed E-state index contributed by atoms with van der Waals surface area (Å²) in [6.07, 6.45) is 7.12. The molecule has 0 saturated heterocycles. The summed E-state index contributed by atoms with van der Waals surface area (Å²) < 4.78 is 0. The van der Waals surface area contributed by atoms with Crippen LogP contribution < -0.4 is 0 Å². The molecule has 0 saturated carbocycles. The lowest BCUT2D eigenvalue weighted by Gasteiger charge is -2.01. The van der Waals surface area contributed by atoms with E-state index < -0.39 is 0 Å². The average Bonchev–Trinajstić information content (AvgIpc) is 2.51. The van der Waals surface area contributed by atoms with Crippen molar-refractivity contribution in [2.24, 2.45) is 5.92 Å². The topological polar surface area (TPSA) is 30.0 Å². The monoisotopic (exact) mass is 185 g/mol. The van der Waals surface area contributed by atoms with Crippen molar-refractivity contribution in [2.45, 2.75) is 6.92 Å². The van der Waals surface area contributed by atoms with Gasteiger partial charge in [0.25, 0.3) is 0 Å². The van der Waals surface area contributed by atoms with Crippen molar-refractivity contribution in [1.29, 1.82) is 0 Å². The van der Waals surface area contributed by atoms with Crippen molar-refractivity contribution >= 4 is 11.9 Å². The van der Waals surface area contributed by atoms with Gasteiger partial charge in [-0.25, -0.2) is 0 Å². The van der Waals surface area contributed by atoms with Gasteiger partial charge in [-0.15, -0.1) is 0 Å². The van der Waals surface area contributed by atoms with Gasteiger partial charge in [-0.2, -0.15) is 0 Å². The number of hydrogen-bond acceptors (Lipinski definition) is 2. The lowest BCUT2D eigenvalue weighted by atomic mass is 10.0. The minimum atomic E-state index is 0.100. The third-order valence-electron chi connectivity index (χ3n) is 2.30. The molecule has 1 aliphatic rings. The molecule has 1 aliphatic carbocycles. The second kappa shape index (κ2) is 3.58. The number of ketones is 1. The Labute approximate surface area is 83.0 Å². The highest BCUT2D eigenvalue weighted by Gasteiger charge is 2.18. The molecule has 0 spiro atoms. The normalized spacial score (nSPS) is 23.4. The van der Waals surface area contributed by atoms with Gasteiger partial charge in [-0.3, -0.25) is 9.78 Å². The van der Waals surface area contributed by atoms with E-state index in [0.29, 0.717) is 0 Å². The van der Waals surface area contributed by atoms with E-state index in [1.54, 1.807) is 12.3 Å². The largest absolute Gasteiger partial charge is 0.290 e. The first-order valence-electron chi connectivity index (χ1n) is 4.62. The second-order valence-corrected chi connectivity index (χ2v) is 3.37. The average molecular weight is 185 g/mol. The zero-order valence-electron chi connectivity index (χ0n) is 7.97. The van der Waals surface area contributed by atoms with E-state index in [9.17, 15) is 4.79 Å². The molecule has 1 heterocycles. The molecule has 0 bridgehead atoms. The number of hydrogen-bond donors (Lipinski definition) is 0. The van der Waals surface area contributed by atoms with Crippen LogP contribution >= 0.6 is 0 Å². The molecule has 1 aromatic heterocycles. The first-order valence-corrected chi connectivity index (χ1v) is 4.62. The Bertz CT molecular complexity index is 404. The minimum Gasteiger partial charge on any atom is -0.290 e. The van der Waals surface area contributed by atoms with Crippen LogP contribution in [0.15, 0.2) is 42.1 Å². The fourth-order valence-electron chi connectivity index (χ4n) is 1.48.